The first-order chi connectivity index (χ1) is 2.00. The van der Waals surface area contributed by atoms with E-state index in [0.717, 1.165) is 0 Å². The normalized spacial score (nSPS) is 8.57. The molecule has 0 aliphatic heterocycles. The van der Waals surface area contributed by atoms with Crippen LogP contribution in [-0.2, 0) is 44.1 Å². The summed E-state index contributed by atoms with van der Waals surface area (Å²) in [5, 5.41) is 0. The third-order valence-electron chi connectivity index (χ3n) is 0. The van der Waals surface area contributed by atoms with E-state index in [-0.39, 0.29) is 44.1 Å². The van der Waals surface area contributed by atoms with Crippen molar-refractivity contribution in [3.63, 3.8) is 0 Å². The van der Waals surface area contributed by atoms with Crippen LogP contribution in [0.15, 0.2) is 0 Å². The van der Waals surface area contributed by atoms with Crippen LogP contribution in [-0.4, -0.2) is 28.2 Å². The largest absolute Gasteiger partial charge is 0.668 e. The molecule has 0 aromatic rings. The molecule has 0 aromatic heterocycles. The minimum absolute atomic E-state index is 0. The zero-order chi connectivity index (χ0) is 4.50. The van der Waals surface area contributed by atoms with Gasteiger partial charge in [-0.15, -0.1) is 0 Å². The average molecular weight is 237 g/mol. The Labute approximate surface area is 72.1 Å². The molecule has 4 N–H and O–H groups in total. The Morgan fingerprint density at radius 2 is 0.857 bits per heavy atom. The molecule has 0 aliphatic rings. The molecule has 0 aromatic carbocycles. The fraction of sp³-hybridized carbons (Fsp3) is 0. The summed E-state index contributed by atoms with van der Waals surface area (Å²) in [5.41, 5.74) is 0. The molecule has 0 spiro atoms. The van der Waals surface area contributed by atoms with Gasteiger partial charge in [0.25, 0.3) is 0 Å². The van der Waals surface area contributed by atoms with E-state index in [1.807, 2.05) is 0 Å². The van der Waals surface area contributed by atoms with Crippen LogP contribution in [0, 0.1) is 0 Å². The van der Waals surface area contributed by atoms with E-state index >= 15 is 0 Å². The zero-order valence-electron chi connectivity index (χ0n) is 3.24. The third kappa shape index (κ3) is 99.9. The maximum Gasteiger partial charge on any atom is 0.668 e. The van der Waals surface area contributed by atoms with Gasteiger partial charge >= 0.3 is 9.05 Å². The molecule has 41 valence electrons. The van der Waals surface area contributed by atoms with E-state index in [4.69, 9.17) is 19.2 Å². The summed E-state index contributed by atoms with van der Waals surface area (Å²) in [4.78, 5) is 29.3. The second-order valence-corrected chi connectivity index (χ2v) is 1.80. The molecular weight excluding hydrogens is 233 g/mol. The molecule has 4 nitrogen and oxygen atoms in total. The smallest absolute Gasteiger partial charge is 0.368 e. The van der Waals surface area contributed by atoms with E-state index in [9.17, 15) is 0 Å². The van der Waals surface area contributed by atoms with Crippen molar-refractivity contribution in [1.29, 1.82) is 0 Å². The molecule has 0 saturated carbocycles. The van der Waals surface area contributed by atoms with Crippen molar-refractivity contribution >= 4 is 9.05 Å². The van der Waals surface area contributed by atoms with Gasteiger partial charge in [0, 0.05) is 44.1 Å². The first-order valence-electron chi connectivity index (χ1n) is 0.894. The second kappa shape index (κ2) is 5.64. The van der Waals surface area contributed by atoms with Crippen molar-refractivity contribution in [2.45, 2.75) is 0 Å². The predicted octanol–water partition coefficient (Wildman–Crippen LogP) is -2.61. The third-order valence-corrected chi connectivity index (χ3v) is 0. The first kappa shape index (κ1) is 15.8. The van der Waals surface area contributed by atoms with E-state index in [1.54, 1.807) is 0 Å². The summed E-state index contributed by atoms with van der Waals surface area (Å²) < 4.78 is 0. The molecule has 0 amide bonds. The molecule has 0 saturated heterocycles. The Hall–Kier alpha value is 1.51. The second-order valence-electron chi connectivity index (χ2n) is 0.600. The zero-order valence-corrected chi connectivity index (χ0v) is 8.00. The van der Waals surface area contributed by atoms with Crippen LogP contribution in [0.2, 0.25) is 0 Å². The Kier molecular flexibility index (Phi) is 12.7. The van der Waals surface area contributed by atoms with Gasteiger partial charge in [0.05, 0.1) is 0 Å². The van der Waals surface area contributed by atoms with Crippen molar-refractivity contribution in [2.24, 2.45) is 0 Å². The topological polar surface area (TPSA) is 80.9 Å². The standard InChI is InChI=1S/Nb.H4O4Si.Ti/c;1-5(2,3)4;/h;1-4H;. The molecule has 7 heteroatoms. The van der Waals surface area contributed by atoms with Crippen LogP contribution < -0.4 is 0 Å². The summed E-state index contributed by atoms with van der Waals surface area (Å²) in [6.45, 7) is 0. The first-order valence-corrected chi connectivity index (χ1v) is 2.68. The summed E-state index contributed by atoms with van der Waals surface area (Å²) in [7, 11) is -4.61. The monoisotopic (exact) mass is 237 g/mol. The van der Waals surface area contributed by atoms with Gasteiger partial charge in [-0.2, -0.15) is 0 Å². The summed E-state index contributed by atoms with van der Waals surface area (Å²) in [5.74, 6) is 0. The maximum absolute atomic E-state index is 7.33. The fourth-order valence-electron chi connectivity index (χ4n) is 0. The molecule has 7 heavy (non-hydrogen) atoms. The van der Waals surface area contributed by atoms with Crippen LogP contribution in [0.1, 0.15) is 0 Å². The van der Waals surface area contributed by atoms with Gasteiger partial charge in [0.2, 0.25) is 0 Å². The Morgan fingerprint density at radius 3 is 0.857 bits per heavy atom. The van der Waals surface area contributed by atoms with Crippen molar-refractivity contribution in [3.05, 3.63) is 0 Å². The van der Waals surface area contributed by atoms with Gasteiger partial charge in [-0.25, -0.2) is 0 Å². The van der Waals surface area contributed by atoms with Gasteiger partial charge in [-0.3, -0.25) is 0 Å². The Bertz CT molecular complexity index is 27.2. The molecule has 0 bridgehead atoms. The maximum atomic E-state index is 7.33. The van der Waals surface area contributed by atoms with Crippen molar-refractivity contribution in [2.75, 3.05) is 0 Å². The van der Waals surface area contributed by atoms with Gasteiger partial charge in [0.15, 0.2) is 0 Å². The minimum atomic E-state index is -4.61. The summed E-state index contributed by atoms with van der Waals surface area (Å²) >= 11 is 0. The molecule has 1 radical (unpaired) electrons. The summed E-state index contributed by atoms with van der Waals surface area (Å²) in [6.07, 6.45) is 0. The van der Waals surface area contributed by atoms with E-state index in [2.05, 4.69) is 0 Å². The van der Waals surface area contributed by atoms with Gasteiger partial charge in [-0.1, -0.05) is 0 Å². The number of rotatable bonds is 0. The molecule has 0 atom stereocenters. The van der Waals surface area contributed by atoms with Crippen LogP contribution in [0.4, 0.5) is 0 Å². The van der Waals surface area contributed by atoms with Gasteiger partial charge in [-0.05, 0) is 0 Å². The molecule has 0 rings (SSSR count). The number of hydrogen-bond acceptors (Lipinski definition) is 4. The molecule has 0 aliphatic carbocycles. The molecule has 0 fully saturated rings. The minimum Gasteiger partial charge on any atom is -0.368 e. The Morgan fingerprint density at radius 1 is 0.857 bits per heavy atom. The Balaban J connectivity index is -0.0000000800. The molecule has 0 unspecified atom stereocenters. The average Bonchev–Trinajstić information content (AvgIpc) is 0.722. The fourth-order valence-corrected chi connectivity index (χ4v) is 0. The van der Waals surface area contributed by atoms with E-state index in [0.29, 0.717) is 0 Å². The predicted molar refractivity (Wildman–Crippen MR) is 14.6 cm³/mol. The van der Waals surface area contributed by atoms with Crippen LogP contribution >= 0.6 is 0 Å². The van der Waals surface area contributed by atoms with Crippen molar-refractivity contribution in [1.82, 2.24) is 0 Å². The van der Waals surface area contributed by atoms with Crippen LogP contribution in [0.3, 0.4) is 0 Å². The summed E-state index contributed by atoms with van der Waals surface area (Å²) in [6, 6.07) is 0. The molecule has 0 heterocycles. The number of hydrogen-bond donors (Lipinski definition) is 4. The van der Waals surface area contributed by atoms with Crippen molar-refractivity contribution < 1.29 is 63.3 Å². The SMILES string of the molecule is O[Si](O)(O)O.[Nb].[Ti]. The van der Waals surface area contributed by atoms with Crippen molar-refractivity contribution in [3.8, 4) is 0 Å². The molecular formula is H4NbO4SiTi. The van der Waals surface area contributed by atoms with Gasteiger partial charge in [0.1, 0.15) is 0 Å². The van der Waals surface area contributed by atoms with Crippen LogP contribution in [0.5, 0.6) is 0 Å². The van der Waals surface area contributed by atoms with E-state index in [1.165, 1.54) is 0 Å². The quantitative estimate of drug-likeness (QED) is 0.348. The van der Waals surface area contributed by atoms with Gasteiger partial charge < -0.3 is 19.2 Å². The van der Waals surface area contributed by atoms with Crippen LogP contribution in [0.25, 0.3) is 0 Å². The van der Waals surface area contributed by atoms with E-state index < -0.39 is 9.05 Å².